The summed E-state index contributed by atoms with van der Waals surface area (Å²) in [6, 6.07) is 16.4. The first-order chi connectivity index (χ1) is 13.7. The molecule has 0 aliphatic carbocycles. The van der Waals surface area contributed by atoms with Gasteiger partial charge in [-0.2, -0.15) is 25.8 Å². The largest absolute Gasteiger partial charge is 0.416 e. The molecule has 0 radical (unpaired) electrons. The topological polar surface area (TPSA) is 54.9 Å². The van der Waals surface area contributed by atoms with Crippen LogP contribution in [0.25, 0.3) is 11.4 Å². The van der Waals surface area contributed by atoms with Crippen molar-refractivity contribution in [2.24, 2.45) is 0 Å². The van der Waals surface area contributed by atoms with Gasteiger partial charge in [-0.1, -0.05) is 36.4 Å². The molecule has 0 fully saturated rings. The van der Waals surface area contributed by atoms with Crippen LogP contribution in [-0.4, -0.2) is 21.6 Å². The standard InChI is InChI=1S/C12H12N2.C9H8F3NOS/c1-9-8-10(2)14-12(13-9)11-6-4-3-5-7-11;10-9(11,12)6-2-1-3-7(4-6)13-8(14)5-15/h3-8H,1-2H3;1-4,15H,5H2,(H,13,14). The number of carbonyl (C=O) groups is 1. The normalized spacial score (nSPS) is 10.7. The predicted molar refractivity (Wildman–Crippen MR) is 111 cm³/mol. The SMILES string of the molecule is Cc1cc(C)nc(-c2ccccc2)n1.O=C(CS)Nc1cccc(C(F)(F)F)c1. The van der Waals surface area contributed by atoms with Gasteiger partial charge < -0.3 is 5.32 Å². The average Bonchev–Trinajstić information content (AvgIpc) is 2.68. The molecule has 152 valence electrons. The second-order valence-corrected chi connectivity index (χ2v) is 6.44. The number of anilines is 1. The Hall–Kier alpha value is -2.87. The Balaban J connectivity index is 0.000000207. The lowest BCUT2D eigenvalue weighted by atomic mass is 10.2. The van der Waals surface area contributed by atoms with Gasteiger partial charge in [-0.25, -0.2) is 9.97 Å². The van der Waals surface area contributed by atoms with E-state index in [1.807, 2.05) is 50.2 Å². The number of halogens is 3. The first-order valence-corrected chi connectivity index (χ1v) is 9.28. The zero-order valence-electron chi connectivity index (χ0n) is 15.9. The number of benzene rings is 2. The third kappa shape index (κ3) is 7.23. The quantitative estimate of drug-likeness (QED) is 0.564. The van der Waals surface area contributed by atoms with E-state index in [0.29, 0.717) is 0 Å². The number of aryl methyl sites for hydroxylation is 2. The first kappa shape index (κ1) is 22.4. The molecule has 1 amide bonds. The fourth-order valence-electron chi connectivity index (χ4n) is 2.42. The van der Waals surface area contributed by atoms with Crippen LogP contribution in [-0.2, 0) is 11.0 Å². The third-order valence-electron chi connectivity index (χ3n) is 3.63. The molecule has 8 heteroatoms. The molecule has 0 aliphatic rings. The number of carbonyl (C=O) groups excluding carboxylic acids is 1. The molecule has 1 aromatic heterocycles. The van der Waals surface area contributed by atoms with Crippen molar-refractivity contribution in [1.29, 1.82) is 0 Å². The summed E-state index contributed by atoms with van der Waals surface area (Å²) in [5.41, 5.74) is 2.41. The highest BCUT2D eigenvalue weighted by Gasteiger charge is 2.30. The molecule has 1 N–H and O–H groups in total. The van der Waals surface area contributed by atoms with Gasteiger partial charge in [0, 0.05) is 22.6 Å². The highest BCUT2D eigenvalue weighted by molar-refractivity contribution is 7.81. The van der Waals surface area contributed by atoms with E-state index >= 15 is 0 Å². The Labute approximate surface area is 172 Å². The van der Waals surface area contributed by atoms with Gasteiger partial charge in [0.05, 0.1) is 11.3 Å². The minimum absolute atomic E-state index is 0.0732. The lowest BCUT2D eigenvalue weighted by Gasteiger charge is -2.08. The van der Waals surface area contributed by atoms with Gasteiger partial charge in [-0.15, -0.1) is 0 Å². The molecule has 0 saturated carbocycles. The Morgan fingerprint density at radius 1 is 0.966 bits per heavy atom. The van der Waals surface area contributed by atoms with Gasteiger partial charge in [0.2, 0.25) is 5.91 Å². The van der Waals surface area contributed by atoms with Crippen molar-refractivity contribution in [3.8, 4) is 11.4 Å². The number of hydrogen-bond donors (Lipinski definition) is 2. The lowest BCUT2D eigenvalue weighted by molar-refractivity contribution is -0.137. The summed E-state index contributed by atoms with van der Waals surface area (Å²) in [7, 11) is 0. The van der Waals surface area contributed by atoms with Crippen LogP contribution in [0.2, 0.25) is 0 Å². The fraction of sp³-hybridized carbons (Fsp3) is 0.190. The molecule has 4 nitrogen and oxygen atoms in total. The van der Waals surface area contributed by atoms with Crippen LogP contribution in [0.3, 0.4) is 0 Å². The Bertz CT molecular complexity index is 943. The van der Waals surface area contributed by atoms with E-state index in [0.717, 1.165) is 34.9 Å². The van der Waals surface area contributed by atoms with E-state index in [2.05, 4.69) is 27.9 Å². The molecule has 3 rings (SSSR count). The van der Waals surface area contributed by atoms with Crippen LogP contribution in [0.15, 0.2) is 60.7 Å². The molecule has 0 atom stereocenters. The molecular weight excluding hydrogens is 399 g/mol. The maximum Gasteiger partial charge on any atom is 0.416 e. The number of thiol groups is 1. The Morgan fingerprint density at radius 3 is 2.14 bits per heavy atom. The maximum absolute atomic E-state index is 12.3. The summed E-state index contributed by atoms with van der Waals surface area (Å²) >= 11 is 3.69. The van der Waals surface area contributed by atoms with Gasteiger partial charge in [0.1, 0.15) is 0 Å². The van der Waals surface area contributed by atoms with E-state index in [4.69, 9.17) is 0 Å². The molecule has 3 aromatic rings. The number of nitrogens with one attached hydrogen (secondary N) is 1. The molecule has 29 heavy (non-hydrogen) atoms. The molecule has 0 aliphatic heterocycles. The van der Waals surface area contributed by atoms with Crippen LogP contribution in [0.4, 0.5) is 18.9 Å². The zero-order chi connectivity index (χ0) is 21.4. The van der Waals surface area contributed by atoms with Gasteiger partial charge >= 0.3 is 6.18 Å². The summed E-state index contributed by atoms with van der Waals surface area (Å²) in [5.74, 6) is 0.289. The highest BCUT2D eigenvalue weighted by atomic mass is 32.1. The maximum atomic E-state index is 12.3. The number of aromatic nitrogens is 2. The summed E-state index contributed by atoms with van der Waals surface area (Å²) in [4.78, 5) is 19.7. The van der Waals surface area contributed by atoms with Crippen LogP contribution in [0.1, 0.15) is 17.0 Å². The van der Waals surface area contributed by atoms with Crippen LogP contribution in [0.5, 0.6) is 0 Å². The van der Waals surface area contributed by atoms with Gasteiger partial charge in [-0.05, 0) is 38.1 Å². The number of rotatable bonds is 3. The van der Waals surface area contributed by atoms with Crippen molar-refractivity contribution < 1.29 is 18.0 Å². The molecule has 0 spiro atoms. The minimum atomic E-state index is -4.40. The summed E-state index contributed by atoms with van der Waals surface area (Å²) in [5, 5.41) is 2.29. The second kappa shape index (κ2) is 10.1. The molecule has 2 aromatic carbocycles. The Kier molecular flexibility index (Phi) is 7.78. The molecule has 1 heterocycles. The molecule has 0 bridgehead atoms. The predicted octanol–water partition coefficient (Wildman–Crippen LogP) is 5.33. The van der Waals surface area contributed by atoms with E-state index in [9.17, 15) is 18.0 Å². The lowest BCUT2D eigenvalue weighted by Crippen LogP contribution is -2.13. The van der Waals surface area contributed by atoms with Crippen LogP contribution in [0, 0.1) is 13.8 Å². The molecule has 0 unspecified atom stereocenters. The molecular formula is C21H20F3N3OS. The monoisotopic (exact) mass is 419 g/mol. The minimum Gasteiger partial charge on any atom is -0.325 e. The third-order valence-corrected chi connectivity index (χ3v) is 3.92. The van der Waals surface area contributed by atoms with E-state index < -0.39 is 17.6 Å². The highest BCUT2D eigenvalue weighted by Crippen LogP contribution is 2.30. The van der Waals surface area contributed by atoms with E-state index in [1.54, 1.807) is 0 Å². The summed E-state index contributed by atoms with van der Waals surface area (Å²) < 4.78 is 36.8. The number of amides is 1. The van der Waals surface area contributed by atoms with Crippen molar-refractivity contribution in [2.75, 3.05) is 11.1 Å². The average molecular weight is 419 g/mol. The first-order valence-electron chi connectivity index (χ1n) is 8.64. The van der Waals surface area contributed by atoms with Crippen LogP contribution < -0.4 is 5.32 Å². The second-order valence-electron chi connectivity index (χ2n) is 6.13. The van der Waals surface area contributed by atoms with Crippen molar-refractivity contribution in [1.82, 2.24) is 9.97 Å². The zero-order valence-corrected chi connectivity index (χ0v) is 16.8. The van der Waals surface area contributed by atoms with E-state index in [1.165, 1.54) is 12.1 Å². The number of alkyl halides is 3. The van der Waals surface area contributed by atoms with Gasteiger partial charge in [-0.3, -0.25) is 4.79 Å². The van der Waals surface area contributed by atoms with Gasteiger partial charge in [0.25, 0.3) is 0 Å². The Morgan fingerprint density at radius 2 is 1.59 bits per heavy atom. The summed E-state index contributed by atoms with van der Waals surface area (Å²) in [6.45, 7) is 3.97. The van der Waals surface area contributed by atoms with E-state index in [-0.39, 0.29) is 11.4 Å². The van der Waals surface area contributed by atoms with Crippen molar-refractivity contribution in [2.45, 2.75) is 20.0 Å². The van der Waals surface area contributed by atoms with Crippen molar-refractivity contribution in [3.05, 3.63) is 77.6 Å². The summed E-state index contributed by atoms with van der Waals surface area (Å²) in [6.07, 6.45) is -4.40. The smallest absolute Gasteiger partial charge is 0.325 e. The number of nitrogens with zero attached hydrogens (tertiary/aromatic N) is 2. The molecule has 0 saturated heterocycles. The number of hydrogen-bond acceptors (Lipinski definition) is 4. The van der Waals surface area contributed by atoms with Crippen molar-refractivity contribution >= 4 is 24.2 Å². The van der Waals surface area contributed by atoms with Crippen LogP contribution >= 0.6 is 12.6 Å². The fourth-order valence-corrected chi connectivity index (χ4v) is 2.50. The van der Waals surface area contributed by atoms with Gasteiger partial charge in [0.15, 0.2) is 5.82 Å². The van der Waals surface area contributed by atoms with Crippen molar-refractivity contribution in [3.63, 3.8) is 0 Å².